The van der Waals surface area contributed by atoms with Crippen molar-refractivity contribution in [2.24, 2.45) is 0 Å². The standard InChI is InChI=1S/C21H14N4O2/c1-27-21-14-8-10-16-18-15(22-11-23-16)9-7-13(17(14)18)19(25-21)24-20(26)12-5-3-2-4-6-12/h2-11H,1H3,(H,24,25,26). The summed E-state index contributed by atoms with van der Waals surface area (Å²) in [4.78, 5) is 25.9. The molecule has 0 unspecified atom stereocenters. The first-order valence-electron chi connectivity index (χ1n) is 8.46. The van der Waals surface area contributed by atoms with Gasteiger partial charge in [-0.1, -0.05) is 18.2 Å². The summed E-state index contributed by atoms with van der Waals surface area (Å²) in [6, 6.07) is 16.7. The predicted molar refractivity (Wildman–Crippen MR) is 104 cm³/mol. The molecule has 0 fully saturated rings. The molecule has 0 radical (unpaired) electrons. The Morgan fingerprint density at radius 2 is 1.59 bits per heavy atom. The molecular weight excluding hydrogens is 340 g/mol. The summed E-state index contributed by atoms with van der Waals surface area (Å²) in [5.41, 5.74) is 2.24. The van der Waals surface area contributed by atoms with Crippen LogP contribution in [0.4, 0.5) is 5.82 Å². The van der Waals surface area contributed by atoms with Gasteiger partial charge in [-0.15, -0.1) is 0 Å². The van der Waals surface area contributed by atoms with Crippen LogP contribution in [-0.2, 0) is 0 Å². The molecule has 27 heavy (non-hydrogen) atoms. The van der Waals surface area contributed by atoms with Crippen LogP contribution in [-0.4, -0.2) is 28.0 Å². The first-order chi connectivity index (χ1) is 13.3. The van der Waals surface area contributed by atoms with Crippen LogP contribution in [0.3, 0.4) is 0 Å². The van der Waals surface area contributed by atoms with Crippen LogP contribution in [0.2, 0.25) is 0 Å². The minimum Gasteiger partial charge on any atom is -0.480 e. The largest absolute Gasteiger partial charge is 0.480 e. The maximum Gasteiger partial charge on any atom is 0.256 e. The Hall–Kier alpha value is -3.80. The average molecular weight is 354 g/mol. The molecule has 5 rings (SSSR count). The molecule has 5 aromatic rings. The van der Waals surface area contributed by atoms with Gasteiger partial charge in [-0.2, -0.15) is 4.98 Å². The lowest BCUT2D eigenvalue weighted by Gasteiger charge is -2.15. The van der Waals surface area contributed by atoms with Crippen LogP contribution in [0.1, 0.15) is 10.4 Å². The molecule has 1 N–H and O–H groups in total. The highest BCUT2D eigenvalue weighted by Gasteiger charge is 2.18. The average Bonchev–Trinajstić information content (AvgIpc) is 2.73. The monoisotopic (exact) mass is 354 g/mol. The van der Waals surface area contributed by atoms with Crippen molar-refractivity contribution in [1.29, 1.82) is 0 Å². The van der Waals surface area contributed by atoms with Crippen LogP contribution < -0.4 is 10.1 Å². The lowest BCUT2D eigenvalue weighted by molar-refractivity contribution is 0.102. The molecule has 1 amide bonds. The number of methoxy groups -OCH3 is 1. The van der Waals surface area contributed by atoms with E-state index in [4.69, 9.17) is 4.74 Å². The maximum absolute atomic E-state index is 12.7. The van der Waals surface area contributed by atoms with Gasteiger partial charge in [-0.05, 0) is 36.4 Å². The maximum atomic E-state index is 12.7. The van der Waals surface area contributed by atoms with Crippen molar-refractivity contribution in [2.45, 2.75) is 0 Å². The van der Waals surface area contributed by atoms with Crippen molar-refractivity contribution in [1.82, 2.24) is 15.0 Å². The van der Waals surface area contributed by atoms with Gasteiger partial charge >= 0.3 is 0 Å². The molecular formula is C21H14N4O2. The number of nitrogens with one attached hydrogen (secondary N) is 1. The quantitative estimate of drug-likeness (QED) is 0.495. The number of amides is 1. The summed E-state index contributed by atoms with van der Waals surface area (Å²) in [5.74, 6) is 0.673. The van der Waals surface area contributed by atoms with Gasteiger partial charge in [0, 0.05) is 27.1 Å². The number of hydrogen-bond acceptors (Lipinski definition) is 5. The Morgan fingerprint density at radius 3 is 2.30 bits per heavy atom. The third-order valence-electron chi connectivity index (χ3n) is 4.67. The highest BCUT2D eigenvalue weighted by atomic mass is 16.5. The lowest BCUT2D eigenvalue weighted by Crippen LogP contribution is -2.13. The van der Waals surface area contributed by atoms with Gasteiger partial charge in [0.25, 0.3) is 5.91 Å². The van der Waals surface area contributed by atoms with Gasteiger partial charge in [0.2, 0.25) is 5.88 Å². The SMILES string of the molecule is COc1nc(NC(=O)c2ccccc2)c2ccc3ncnc4ccc1c2c34. The minimum atomic E-state index is -0.226. The Balaban J connectivity index is 1.78. The number of carbonyl (C=O) groups is 1. The number of rotatable bonds is 3. The number of anilines is 1. The van der Waals surface area contributed by atoms with Gasteiger partial charge in [0.05, 0.1) is 18.1 Å². The van der Waals surface area contributed by atoms with Gasteiger partial charge in [-0.3, -0.25) is 4.79 Å². The molecule has 0 aliphatic carbocycles. The van der Waals surface area contributed by atoms with E-state index < -0.39 is 0 Å². The van der Waals surface area contributed by atoms with Gasteiger partial charge in [0.15, 0.2) is 0 Å². The number of pyridine rings is 1. The molecule has 3 aromatic carbocycles. The fourth-order valence-electron chi connectivity index (χ4n) is 3.45. The van der Waals surface area contributed by atoms with Crippen LogP contribution in [0, 0.1) is 0 Å². The van der Waals surface area contributed by atoms with Crippen LogP contribution >= 0.6 is 0 Å². The van der Waals surface area contributed by atoms with Gasteiger partial charge in [-0.25, -0.2) is 9.97 Å². The number of hydrogen-bond donors (Lipinski definition) is 1. The first kappa shape index (κ1) is 15.5. The molecule has 0 atom stereocenters. The summed E-state index contributed by atoms with van der Waals surface area (Å²) in [6.45, 7) is 0. The molecule has 0 bridgehead atoms. The van der Waals surface area contributed by atoms with Crippen molar-refractivity contribution in [2.75, 3.05) is 12.4 Å². The van der Waals surface area contributed by atoms with E-state index in [1.54, 1.807) is 25.6 Å². The van der Waals surface area contributed by atoms with E-state index in [9.17, 15) is 4.79 Å². The molecule has 0 aliphatic rings. The molecule has 130 valence electrons. The summed E-state index contributed by atoms with van der Waals surface area (Å²) in [6.07, 6.45) is 1.55. The molecule has 0 saturated heterocycles. The Kier molecular flexibility index (Phi) is 3.36. The topological polar surface area (TPSA) is 77.0 Å². The lowest BCUT2D eigenvalue weighted by atomic mass is 10.00. The molecule has 6 heteroatoms. The number of ether oxygens (including phenoxy) is 1. The molecule has 2 heterocycles. The van der Waals surface area contributed by atoms with E-state index >= 15 is 0 Å². The first-order valence-corrected chi connectivity index (χ1v) is 8.46. The smallest absolute Gasteiger partial charge is 0.256 e. The van der Waals surface area contributed by atoms with Gasteiger partial charge < -0.3 is 10.1 Å². The van der Waals surface area contributed by atoms with Crippen LogP contribution in [0.15, 0.2) is 60.9 Å². The third-order valence-corrected chi connectivity index (χ3v) is 4.67. The van der Waals surface area contributed by atoms with E-state index in [-0.39, 0.29) is 5.91 Å². The van der Waals surface area contributed by atoms with Gasteiger partial charge in [0.1, 0.15) is 12.1 Å². The number of carbonyl (C=O) groups excluding carboxylic acids is 1. The van der Waals surface area contributed by atoms with E-state index in [0.29, 0.717) is 17.3 Å². The van der Waals surface area contributed by atoms with Crippen molar-refractivity contribution >= 4 is 44.3 Å². The molecule has 0 aliphatic heterocycles. The summed E-state index contributed by atoms with van der Waals surface area (Å²) < 4.78 is 5.50. The fourth-order valence-corrected chi connectivity index (χ4v) is 3.45. The fraction of sp³-hybridized carbons (Fsp3) is 0.0476. The zero-order chi connectivity index (χ0) is 18.4. The number of nitrogens with zero attached hydrogens (tertiary/aromatic N) is 3. The Morgan fingerprint density at radius 1 is 0.889 bits per heavy atom. The molecule has 6 nitrogen and oxygen atoms in total. The van der Waals surface area contributed by atoms with Crippen molar-refractivity contribution in [3.05, 3.63) is 66.5 Å². The Bertz CT molecular complexity index is 1290. The minimum absolute atomic E-state index is 0.226. The van der Waals surface area contributed by atoms with E-state index in [0.717, 1.165) is 32.6 Å². The highest BCUT2D eigenvalue weighted by Crippen LogP contribution is 2.39. The van der Waals surface area contributed by atoms with E-state index in [1.807, 2.05) is 42.5 Å². The van der Waals surface area contributed by atoms with E-state index in [2.05, 4.69) is 20.3 Å². The van der Waals surface area contributed by atoms with E-state index in [1.165, 1.54) is 0 Å². The van der Waals surface area contributed by atoms with Crippen molar-refractivity contribution in [3.63, 3.8) is 0 Å². The summed E-state index contributed by atoms with van der Waals surface area (Å²) >= 11 is 0. The van der Waals surface area contributed by atoms with Crippen molar-refractivity contribution < 1.29 is 9.53 Å². The molecule has 0 spiro atoms. The summed E-state index contributed by atoms with van der Waals surface area (Å²) in [7, 11) is 1.57. The normalized spacial score (nSPS) is 11.3. The molecule has 2 aromatic heterocycles. The Labute approximate surface area is 154 Å². The third kappa shape index (κ3) is 2.34. The van der Waals surface area contributed by atoms with Crippen molar-refractivity contribution in [3.8, 4) is 5.88 Å². The van der Waals surface area contributed by atoms with Crippen LogP contribution in [0.5, 0.6) is 5.88 Å². The highest BCUT2D eigenvalue weighted by molar-refractivity contribution is 6.25. The number of aromatic nitrogens is 3. The predicted octanol–water partition coefficient (Wildman–Crippen LogP) is 4.03. The zero-order valence-corrected chi connectivity index (χ0v) is 14.4. The second kappa shape index (κ2) is 5.88. The summed E-state index contributed by atoms with van der Waals surface area (Å²) in [5, 5.41) is 6.46. The number of benzene rings is 3. The molecule has 0 saturated carbocycles. The van der Waals surface area contributed by atoms with Crippen LogP contribution in [0.25, 0.3) is 32.6 Å². The second-order valence-electron chi connectivity index (χ2n) is 6.18. The zero-order valence-electron chi connectivity index (χ0n) is 14.4. The second-order valence-corrected chi connectivity index (χ2v) is 6.18.